The zero-order valence-electron chi connectivity index (χ0n) is 40.5. The molecule has 0 unspecified atom stereocenters. The van der Waals surface area contributed by atoms with Gasteiger partial charge in [-0.2, -0.15) is 0 Å². The summed E-state index contributed by atoms with van der Waals surface area (Å²) in [5, 5.41) is 2.29. The van der Waals surface area contributed by atoms with E-state index in [0.717, 1.165) is 61.1 Å². The lowest BCUT2D eigenvalue weighted by atomic mass is 9.99. The summed E-state index contributed by atoms with van der Waals surface area (Å²) >= 11 is 1.10. The van der Waals surface area contributed by atoms with Crippen molar-refractivity contribution in [3.63, 3.8) is 0 Å². The second-order valence-electron chi connectivity index (χ2n) is 14.4. The van der Waals surface area contributed by atoms with Gasteiger partial charge in [-0.05, 0) is 68.4 Å². The highest BCUT2D eigenvalue weighted by Crippen LogP contribution is 2.43. The minimum Gasteiger partial charge on any atom is -0.456 e. The van der Waals surface area contributed by atoms with Crippen LogP contribution in [0.3, 0.4) is 0 Å². The number of furan rings is 1. The molecule has 0 saturated heterocycles. The van der Waals surface area contributed by atoms with Crippen LogP contribution < -0.4 is 0 Å². The molecule has 0 radical (unpaired) electrons. The van der Waals surface area contributed by atoms with Crippen LogP contribution in [-0.2, 0) is 0 Å². The van der Waals surface area contributed by atoms with Gasteiger partial charge in [-0.15, -0.1) is 11.3 Å². The molecule has 0 atom stereocenters. The van der Waals surface area contributed by atoms with Gasteiger partial charge in [-0.1, -0.05) is 176 Å². The molecule has 4 nitrogen and oxygen atoms in total. The lowest BCUT2D eigenvalue weighted by molar-refractivity contribution is 0.669. The number of aromatic nitrogens is 3. The maximum atomic E-state index is 9.17. The Morgan fingerprint density at radius 1 is 0.383 bits per heavy atom. The standard InChI is InChI=1S/C55H33N3OS/c1-3-12-34(13-4-1)39-17-9-18-40(32-39)54-56-53(57-55(58-54)41-29-31-47-49(33-41)59-48-23-11-20-42(50(47)48)35-14-5-2-6-15-35)38-26-24-37(25-27-38)44-21-10-22-45-46-30-28-36-16-7-8-19-43(36)52(46)60-51(44)45/h1-33H/i7D,8D,10D,16D,19D,21D,22D,28D,30D. The van der Waals surface area contributed by atoms with Crippen molar-refractivity contribution in [2.24, 2.45) is 0 Å². The number of benzene rings is 9. The van der Waals surface area contributed by atoms with Crippen LogP contribution in [0.25, 0.3) is 120 Å². The minimum absolute atomic E-state index is 0.0733. The van der Waals surface area contributed by atoms with Crippen molar-refractivity contribution in [2.75, 3.05) is 0 Å². The van der Waals surface area contributed by atoms with Gasteiger partial charge in [0.15, 0.2) is 17.5 Å². The summed E-state index contributed by atoms with van der Waals surface area (Å²) in [4.78, 5) is 15.2. The Hall–Kier alpha value is -7.73. The highest BCUT2D eigenvalue weighted by Gasteiger charge is 2.18. The quantitative estimate of drug-likeness (QED) is 0.168. The number of nitrogens with zero attached hydrogens (tertiary/aromatic N) is 3. The molecule has 0 N–H and O–H groups in total. The highest BCUT2D eigenvalue weighted by molar-refractivity contribution is 7.27. The number of hydrogen-bond donors (Lipinski definition) is 0. The van der Waals surface area contributed by atoms with E-state index in [1.807, 2.05) is 97.1 Å². The topological polar surface area (TPSA) is 51.8 Å². The molecule has 3 aromatic heterocycles. The summed E-state index contributed by atoms with van der Waals surface area (Å²) in [5.41, 5.74) is 8.63. The molecule has 0 aliphatic heterocycles. The van der Waals surface area contributed by atoms with Crippen LogP contribution in [0.15, 0.2) is 204 Å². The fourth-order valence-corrected chi connectivity index (χ4v) is 9.22. The second kappa shape index (κ2) is 14.0. The van der Waals surface area contributed by atoms with E-state index in [-0.39, 0.29) is 51.8 Å². The number of fused-ring (bicyclic) bond motifs is 8. The van der Waals surface area contributed by atoms with Crippen molar-refractivity contribution in [3.8, 4) is 67.5 Å². The fourth-order valence-electron chi connectivity index (χ4n) is 7.98. The Balaban J connectivity index is 1.02. The molecule has 0 amide bonds. The van der Waals surface area contributed by atoms with Crippen LogP contribution in [0.1, 0.15) is 12.3 Å². The molecule has 12 rings (SSSR count). The average Bonchev–Trinajstić information content (AvgIpc) is 3.97. The summed E-state index contributed by atoms with van der Waals surface area (Å²) in [6.07, 6.45) is 0. The van der Waals surface area contributed by atoms with Crippen molar-refractivity contribution < 1.29 is 16.8 Å². The highest BCUT2D eigenvalue weighted by atomic mass is 32.1. The van der Waals surface area contributed by atoms with E-state index >= 15 is 0 Å². The predicted octanol–water partition coefficient (Wildman–Crippen LogP) is 15.3. The van der Waals surface area contributed by atoms with Crippen LogP contribution in [0.5, 0.6) is 0 Å². The van der Waals surface area contributed by atoms with Gasteiger partial charge < -0.3 is 4.42 Å². The van der Waals surface area contributed by atoms with Crippen LogP contribution in [-0.4, -0.2) is 15.0 Å². The largest absolute Gasteiger partial charge is 0.456 e. The first-order valence-corrected chi connectivity index (χ1v) is 20.2. The average molecular weight is 793 g/mol. The first-order chi connectivity index (χ1) is 33.5. The molecule has 0 spiro atoms. The molecule has 0 aliphatic rings. The van der Waals surface area contributed by atoms with Gasteiger partial charge in [-0.3, -0.25) is 0 Å². The molecule has 12 aromatic rings. The van der Waals surface area contributed by atoms with Crippen molar-refractivity contribution in [1.29, 1.82) is 0 Å². The van der Waals surface area contributed by atoms with Gasteiger partial charge in [0.05, 0.1) is 12.3 Å². The van der Waals surface area contributed by atoms with E-state index in [1.54, 1.807) is 12.1 Å². The Labute approximate surface area is 362 Å². The van der Waals surface area contributed by atoms with Gasteiger partial charge in [0.1, 0.15) is 11.2 Å². The third-order valence-electron chi connectivity index (χ3n) is 10.9. The molecule has 60 heavy (non-hydrogen) atoms. The first-order valence-electron chi connectivity index (χ1n) is 23.9. The smallest absolute Gasteiger partial charge is 0.164 e. The Bertz CT molecular complexity index is 4120. The normalized spacial score (nSPS) is 13.8. The summed E-state index contributed by atoms with van der Waals surface area (Å²) in [7, 11) is 0. The van der Waals surface area contributed by atoms with Gasteiger partial charge in [0, 0.05) is 47.6 Å². The van der Waals surface area contributed by atoms with Gasteiger partial charge in [0.25, 0.3) is 0 Å². The number of thiophene rings is 1. The van der Waals surface area contributed by atoms with E-state index in [4.69, 9.17) is 30.3 Å². The Morgan fingerprint density at radius 2 is 1.00 bits per heavy atom. The molecule has 0 fully saturated rings. The van der Waals surface area contributed by atoms with E-state index in [2.05, 4.69) is 36.4 Å². The van der Waals surface area contributed by atoms with E-state index in [1.165, 1.54) is 0 Å². The van der Waals surface area contributed by atoms with Crippen molar-refractivity contribution >= 4 is 64.2 Å². The maximum absolute atomic E-state index is 9.17. The van der Waals surface area contributed by atoms with Gasteiger partial charge >= 0.3 is 0 Å². The second-order valence-corrected chi connectivity index (χ2v) is 15.5. The molecule has 0 saturated carbocycles. The van der Waals surface area contributed by atoms with Gasteiger partial charge in [-0.25, -0.2) is 15.0 Å². The summed E-state index contributed by atoms with van der Waals surface area (Å²) < 4.78 is 86.3. The lowest BCUT2D eigenvalue weighted by Crippen LogP contribution is -2.00. The molecule has 280 valence electrons. The fraction of sp³-hybridized carbons (Fsp3) is 0. The van der Waals surface area contributed by atoms with Crippen LogP contribution in [0.4, 0.5) is 0 Å². The SMILES string of the molecule is [2H]c1c([2H])c([2H])c2c(sc3c4c([2H])c([2H])c([2H])c([2H])c4c([2H])c([2H])c32)c1-c1ccc(-c2nc(-c3cccc(-c4ccccc4)c3)nc(-c3ccc4c(c3)oc3cccc(-c5ccccc5)c34)n2)cc1. The molecular formula is C55H33N3OS. The van der Waals surface area contributed by atoms with E-state index in [9.17, 15) is 1.37 Å². The molecule has 9 aromatic carbocycles. The molecule has 0 bridgehead atoms. The third kappa shape index (κ3) is 5.78. The Kier molecular flexibility index (Phi) is 6.13. The minimum atomic E-state index is -0.507. The molecular weight excluding hydrogens is 751 g/mol. The number of hydrogen-bond acceptors (Lipinski definition) is 5. The summed E-state index contributed by atoms with van der Waals surface area (Å²) in [6, 6.07) is 44.3. The van der Waals surface area contributed by atoms with Crippen molar-refractivity contribution in [1.82, 2.24) is 15.0 Å². The predicted molar refractivity (Wildman–Crippen MR) is 250 cm³/mol. The maximum Gasteiger partial charge on any atom is 0.164 e. The zero-order valence-corrected chi connectivity index (χ0v) is 32.3. The lowest BCUT2D eigenvalue weighted by Gasteiger charge is -2.10. The van der Waals surface area contributed by atoms with Crippen LogP contribution >= 0.6 is 11.3 Å². The third-order valence-corrected chi connectivity index (χ3v) is 12.1. The Morgan fingerprint density at radius 3 is 1.82 bits per heavy atom. The monoisotopic (exact) mass is 792 g/mol. The van der Waals surface area contributed by atoms with Crippen LogP contribution in [0, 0.1) is 0 Å². The number of rotatable bonds is 6. The summed E-state index contributed by atoms with van der Waals surface area (Å²) in [5.74, 6) is 1.25. The zero-order chi connectivity index (χ0) is 47.4. The van der Waals surface area contributed by atoms with Crippen molar-refractivity contribution in [3.05, 3.63) is 200 Å². The van der Waals surface area contributed by atoms with Crippen LogP contribution in [0.2, 0.25) is 0 Å². The van der Waals surface area contributed by atoms with Crippen molar-refractivity contribution in [2.45, 2.75) is 0 Å². The summed E-state index contributed by atoms with van der Waals surface area (Å²) in [6.45, 7) is 0. The molecule has 5 heteroatoms. The van der Waals surface area contributed by atoms with Gasteiger partial charge in [0.2, 0.25) is 0 Å². The van der Waals surface area contributed by atoms with E-state index < -0.39 is 24.2 Å². The molecule has 3 heterocycles. The molecule has 0 aliphatic carbocycles. The first kappa shape index (κ1) is 26.3. The van der Waals surface area contributed by atoms with E-state index in [0.29, 0.717) is 49.1 Å².